The van der Waals surface area contributed by atoms with E-state index in [0.717, 1.165) is 37.9 Å². The summed E-state index contributed by atoms with van der Waals surface area (Å²) in [4.78, 5) is 31.9. The number of likely N-dealkylation sites (tertiary alicyclic amines) is 1. The van der Waals surface area contributed by atoms with E-state index >= 15 is 0 Å². The van der Waals surface area contributed by atoms with Gasteiger partial charge in [-0.2, -0.15) is 0 Å². The molecule has 3 heterocycles. The molecule has 0 spiro atoms. The molecule has 0 radical (unpaired) electrons. The van der Waals surface area contributed by atoms with Crippen LogP contribution >= 0.6 is 0 Å². The fraction of sp³-hybridized carbons (Fsp3) is 0.450. The Morgan fingerprint density at radius 3 is 2.69 bits per heavy atom. The summed E-state index contributed by atoms with van der Waals surface area (Å²) in [5.41, 5.74) is 1.37. The molecular formula is C20H23N3O3. The SMILES string of the molecule is O=C1NCCOC2=NC(C(=O)N3CCCCC3)=CC(c3ccccc3)C12. The van der Waals surface area contributed by atoms with Gasteiger partial charge < -0.3 is 15.0 Å². The van der Waals surface area contributed by atoms with Crippen LogP contribution in [0.15, 0.2) is 47.1 Å². The van der Waals surface area contributed by atoms with Gasteiger partial charge in [0, 0.05) is 19.0 Å². The van der Waals surface area contributed by atoms with Crippen molar-refractivity contribution < 1.29 is 14.3 Å². The Morgan fingerprint density at radius 2 is 1.92 bits per heavy atom. The largest absolute Gasteiger partial charge is 0.478 e. The summed E-state index contributed by atoms with van der Waals surface area (Å²) in [6.07, 6.45) is 5.06. The average Bonchev–Trinajstić information content (AvgIpc) is 2.89. The second-order valence-electron chi connectivity index (χ2n) is 6.91. The third-order valence-electron chi connectivity index (χ3n) is 5.17. The van der Waals surface area contributed by atoms with Gasteiger partial charge in [-0.1, -0.05) is 30.3 Å². The van der Waals surface area contributed by atoms with E-state index in [1.165, 1.54) is 0 Å². The van der Waals surface area contributed by atoms with Crippen LogP contribution in [0.3, 0.4) is 0 Å². The number of carbonyl (C=O) groups is 2. The minimum Gasteiger partial charge on any atom is -0.478 e. The Bertz CT molecular complexity index is 751. The highest BCUT2D eigenvalue weighted by Crippen LogP contribution is 2.34. The number of ether oxygens (including phenoxy) is 1. The number of hydrogen-bond acceptors (Lipinski definition) is 4. The number of amides is 2. The standard InChI is InChI=1S/C20H23N3O3/c24-18-17-15(14-7-3-1-4-8-14)13-16(22-19(17)26-12-9-21-18)20(25)23-10-5-2-6-11-23/h1,3-4,7-8,13,15,17H,2,5-6,9-12H2,(H,21,24). The van der Waals surface area contributed by atoms with Gasteiger partial charge in [-0.3, -0.25) is 9.59 Å². The average molecular weight is 353 g/mol. The molecule has 6 nitrogen and oxygen atoms in total. The third kappa shape index (κ3) is 3.23. The summed E-state index contributed by atoms with van der Waals surface area (Å²) < 4.78 is 5.75. The van der Waals surface area contributed by atoms with Crippen molar-refractivity contribution in [2.45, 2.75) is 25.2 Å². The van der Waals surface area contributed by atoms with Crippen molar-refractivity contribution in [1.29, 1.82) is 0 Å². The second kappa shape index (κ2) is 7.32. The molecule has 1 aromatic rings. The van der Waals surface area contributed by atoms with Crippen molar-refractivity contribution in [3.63, 3.8) is 0 Å². The molecule has 3 aliphatic rings. The van der Waals surface area contributed by atoms with Gasteiger partial charge in [-0.15, -0.1) is 0 Å². The van der Waals surface area contributed by atoms with Gasteiger partial charge in [-0.05, 0) is 30.9 Å². The van der Waals surface area contributed by atoms with Crippen LogP contribution in [0, 0.1) is 5.92 Å². The van der Waals surface area contributed by atoms with Crippen molar-refractivity contribution >= 4 is 17.7 Å². The Morgan fingerprint density at radius 1 is 1.15 bits per heavy atom. The molecule has 2 fully saturated rings. The van der Waals surface area contributed by atoms with Crippen LogP contribution in [-0.2, 0) is 14.3 Å². The van der Waals surface area contributed by atoms with Crippen LogP contribution in [0.25, 0.3) is 0 Å². The summed E-state index contributed by atoms with van der Waals surface area (Å²) in [5.74, 6) is -0.597. The molecule has 136 valence electrons. The van der Waals surface area contributed by atoms with E-state index in [1.807, 2.05) is 41.3 Å². The van der Waals surface area contributed by atoms with Crippen LogP contribution in [0.2, 0.25) is 0 Å². The predicted molar refractivity (Wildman–Crippen MR) is 97.6 cm³/mol. The fourth-order valence-electron chi connectivity index (χ4n) is 3.82. The minimum atomic E-state index is -0.530. The van der Waals surface area contributed by atoms with E-state index < -0.39 is 5.92 Å². The van der Waals surface area contributed by atoms with Gasteiger partial charge in [-0.25, -0.2) is 4.99 Å². The van der Waals surface area contributed by atoms with Crippen LogP contribution < -0.4 is 5.32 Å². The first kappa shape index (κ1) is 16.8. The quantitative estimate of drug-likeness (QED) is 0.882. The highest BCUT2D eigenvalue weighted by molar-refractivity contribution is 6.06. The molecule has 6 heteroatoms. The van der Waals surface area contributed by atoms with Crippen molar-refractivity contribution in [3.8, 4) is 0 Å². The van der Waals surface area contributed by atoms with Crippen molar-refractivity contribution in [3.05, 3.63) is 47.7 Å². The van der Waals surface area contributed by atoms with E-state index in [0.29, 0.717) is 24.7 Å². The number of nitrogens with zero attached hydrogens (tertiary/aromatic N) is 2. The van der Waals surface area contributed by atoms with Gasteiger partial charge in [0.15, 0.2) is 0 Å². The second-order valence-corrected chi connectivity index (χ2v) is 6.91. The lowest BCUT2D eigenvalue weighted by Crippen LogP contribution is -2.41. The maximum Gasteiger partial charge on any atom is 0.272 e. The third-order valence-corrected chi connectivity index (χ3v) is 5.17. The monoisotopic (exact) mass is 353 g/mol. The molecular weight excluding hydrogens is 330 g/mol. The summed E-state index contributed by atoms with van der Waals surface area (Å²) in [5, 5.41) is 2.88. The lowest BCUT2D eigenvalue weighted by molar-refractivity contribution is -0.128. The summed E-state index contributed by atoms with van der Waals surface area (Å²) in [6.45, 7) is 2.35. The van der Waals surface area contributed by atoms with Crippen LogP contribution in [0.5, 0.6) is 0 Å². The molecule has 1 aromatic carbocycles. The number of rotatable bonds is 2. The molecule has 0 saturated carbocycles. The Kier molecular flexibility index (Phi) is 4.73. The molecule has 3 aliphatic heterocycles. The molecule has 0 aliphatic carbocycles. The van der Waals surface area contributed by atoms with Crippen LogP contribution in [0.4, 0.5) is 0 Å². The number of carbonyl (C=O) groups excluding carboxylic acids is 2. The first-order valence-electron chi connectivity index (χ1n) is 9.29. The van der Waals surface area contributed by atoms with Crippen molar-refractivity contribution in [2.75, 3.05) is 26.2 Å². The first-order valence-corrected chi connectivity index (χ1v) is 9.29. The Labute approximate surface area is 152 Å². The number of fused-ring (bicyclic) bond motifs is 1. The van der Waals surface area contributed by atoms with Crippen LogP contribution in [0.1, 0.15) is 30.7 Å². The fourth-order valence-corrected chi connectivity index (χ4v) is 3.82. The number of nitrogens with one attached hydrogen (secondary N) is 1. The van der Waals surface area contributed by atoms with E-state index in [9.17, 15) is 9.59 Å². The molecule has 0 bridgehead atoms. The highest BCUT2D eigenvalue weighted by atomic mass is 16.5. The summed E-state index contributed by atoms with van der Waals surface area (Å²) >= 11 is 0. The summed E-state index contributed by atoms with van der Waals surface area (Å²) in [7, 11) is 0. The summed E-state index contributed by atoms with van der Waals surface area (Å²) in [6, 6.07) is 9.78. The maximum atomic E-state index is 13.0. The van der Waals surface area contributed by atoms with Gasteiger partial charge in [0.25, 0.3) is 5.91 Å². The number of allylic oxidation sites excluding steroid dienone is 1. The minimum absolute atomic E-state index is 0.0650. The molecule has 0 aromatic heterocycles. The van der Waals surface area contributed by atoms with Gasteiger partial charge in [0.2, 0.25) is 11.8 Å². The number of aliphatic imine (C=N–C) groups is 1. The van der Waals surface area contributed by atoms with E-state index in [-0.39, 0.29) is 17.7 Å². The smallest absolute Gasteiger partial charge is 0.272 e. The number of hydrogen-bond donors (Lipinski definition) is 1. The molecule has 2 atom stereocenters. The zero-order valence-corrected chi connectivity index (χ0v) is 14.7. The zero-order valence-electron chi connectivity index (χ0n) is 14.7. The normalized spacial score (nSPS) is 25.8. The lowest BCUT2D eigenvalue weighted by atomic mass is 9.82. The van der Waals surface area contributed by atoms with E-state index in [4.69, 9.17) is 4.74 Å². The van der Waals surface area contributed by atoms with Gasteiger partial charge >= 0.3 is 0 Å². The van der Waals surface area contributed by atoms with Gasteiger partial charge in [0.1, 0.15) is 18.2 Å². The Balaban J connectivity index is 1.71. The predicted octanol–water partition coefficient (Wildman–Crippen LogP) is 1.84. The van der Waals surface area contributed by atoms with Crippen molar-refractivity contribution in [2.24, 2.45) is 10.9 Å². The topological polar surface area (TPSA) is 71.0 Å². The molecule has 1 N–H and O–H groups in total. The number of benzene rings is 1. The molecule has 4 rings (SSSR count). The maximum absolute atomic E-state index is 13.0. The molecule has 26 heavy (non-hydrogen) atoms. The molecule has 2 saturated heterocycles. The highest BCUT2D eigenvalue weighted by Gasteiger charge is 2.40. The zero-order chi connectivity index (χ0) is 17.9. The van der Waals surface area contributed by atoms with E-state index in [1.54, 1.807) is 0 Å². The van der Waals surface area contributed by atoms with E-state index in [2.05, 4.69) is 10.3 Å². The number of piperidine rings is 1. The first-order chi connectivity index (χ1) is 12.7. The van der Waals surface area contributed by atoms with Crippen LogP contribution in [-0.4, -0.2) is 48.9 Å². The lowest BCUT2D eigenvalue weighted by Gasteiger charge is -2.30. The Hall–Kier alpha value is -2.63. The van der Waals surface area contributed by atoms with Crippen molar-refractivity contribution in [1.82, 2.24) is 10.2 Å². The molecule has 2 unspecified atom stereocenters. The molecule has 2 amide bonds. The van der Waals surface area contributed by atoms with Gasteiger partial charge in [0.05, 0.1) is 6.54 Å².